The van der Waals surface area contributed by atoms with Gasteiger partial charge in [-0.25, -0.2) is 0 Å². The van der Waals surface area contributed by atoms with E-state index >= 15 is 0 Å². The van der Waals surface area contributed by atoms with Gasteiger partial charge in [0.1, 0.15) is 0 Å². The van der Waals surface area contributed by atoms with Crippen LogP contribution in [-0.2, 0) is 6.42 Å². The Balaban J connectivity index is 1.71. The average molecular weight is 284 g/mol. The van der Waals surface area contributed by atoms with E-state index < -0.39 is 0 Å². The van der Waals surface area contributed by atoms with Crippen LogP contribution in [0, 0.1) is 0 Å². The molecule has 3 heteroatoms. The molecule has 2 rings (SSSR count). The van der Waals surface area contributed by atoms with Crippen molar-refractivity contribution >= 4 is 23.4 Å². The fraction of sp³-hybridized carbons (Fsp3) is 0.600. The maximum Gasteiger partial charge on any atom is 0.0406 e. The molecule has 2 atom stereocenters. The first-order chi connectivity index (χ1) is 8.74. The van der Waals surface area contributed by atoms with Gasteiger partial charge in [-0.2, -0.15) is 11.8 Å². The summed E-state index contributed by atoms with van der Waals surface area (Å²) in [5, 5.41) is 5.30. The largest absolute Gasteiger partial charge is 0.313 e. The highest BCUT2D eigenvalue weighted by molar-refractivity contribution is 7.99. The molecule has 0 aliphatic carbocycles. The first kappa shape index (κ1) is 14.2. The van der Waals surface area contributed by atoms with Crippen molar-refractivity contribution in [1.29, 1.82) is 0 Å². The molecule has 100 valence electrons. The summed E-state index contributed by atoms with van der Waals surface area (Å²) in [5.41, 5.74) is 1.36. The van der Waals surface area contributed by atoms with Crippen molar-refractivity contribution in [1.82, 2.24) is 5.32 Å². The predicted octanol–water partition coefficient (Wildman–Crippen LogP) is 4.15. The second-order valence-corrected chi connectivity index (χ2v) is 6.97. The molecule has 1 aromatic rings. The molecule has 0 radical (unpaired) electrons. The van der Waals surface area contributed by atoms with Gasteiger partial charge in [-0.15, -0.1) is 0 Å². The molecule has 0 aromatic heterocycles. The van der Waals surface area contributed by atoms with Gasteiger partial charge in [-0.1, -0.05) is 30.2 Å². The third-order valence-electron chi connectivity index (χ3n) is 3.42. The molecular weight excluding hydrogens is 262 g/mol. The summed E-state index contributed by atoms with van der Waals surface area (Å²) in [6.07, 6.45) is 5.27. The van der Waals surface area contributed by atoms with E-state index in [-0.39, 0.29) is 0 Å². The first-order valence-corrected chi connectivity index (χ1v) is 8.26. The van der Waals surface area contributed by atoms with Crippen LogP contribution < -0.4 is 5.32 Å². The van der Waals surface area contributed by atoms with Gasteiger partial charge in [0.2, 0.25) is 0 Å². The van der Waals surface area contributed by atoms with Crippen LogP contribution in [0.4, 0.5) is 0 Å². The average Bonchev–Trinajstić information content (AvgIpc) is 2.40. The molecule has 1 nitrogen and oxygen atoms in total. The number of rotatable bonds is 5. The minimum absolute atomic E-state index is 0.536. The molecule has 1 N–H and O–H groups in total. The van der Waals surface area contributed by atoms with Crippen molar-refractivity contribution in [3.8, 4) is 0 Å². The van der Waals surface area contributed by atoms with E-state index in [9.17, 15) is 0 Å². The second-order valence-electron chi connectivity index (χ2n) is 5.13. The highest BCUT2D eigenvalue weighted by Gasteiger charge is 2.14. The monoisotopic (exact) mass is 283 g/mol. The number of thioether (sulfide) groups is 1. The first-order valence-electron chi connectivity index (χ1n) is 6.83. The normalized spacial score (nSPS) is 21.8. The fourth-order valence-electron chi connectivity index (χ4n) is 2.35. The van der Waals surface area contributed by atoms with Crippen LogP contribution in [0.1, 0.15) is 31.7 Å². The molecule has 18 heavy (non-hydrogen) atoms. The summed E-state index contributed by atoms with van der Waals surface area (Å²) < 4.78 is 0. The van der Waals surface area contributed by atoms with Gasteiger partial charge in [0.05, 0.1) is 0 Å². The van der Waals surface area contributed by atoms with E-state index in [1.54, 1.807) is 0 Å². The predicted molar refractivity (Wildman–Crippen MR) is 82.7 cm³/mol. The molecule has 0 spiro atoms. The third-order valence-corrected chi connectivity index (χ3v) is 5.07. The van der Waals surface area contributed by atoms with Crippen molar-refractivity contribution in [2.45, 2.75) is 43.9 Å². The number of nitrogens with one attached hydrogen (secondary N) is 1. The minimum atomic E-state index is 0.536. The van der Waals surface area contributed by atoms with Gasteiger partial charge in [-0.05, 0) is 49.6 Å². The molecule has 1 saturated heterocycles. The van der Waals surface area contributed by atoms with E-state index in [0.29, 0.717) is 6.04 Å². The van der Waals surface area contributed by atoms with E-state index in [1.807, 2.05) is 12.1 Å². The number of hydrogen-bond acceptors (Lipinski definition) is 2. The second kappa shape index (κ2) is 7.42. The van der Waals surface area contributed by atoms with Crippen molar-refractivity contribution in [3.05, 3.63) is 34.9 Å². The lowest BCUT2D eigenvalue weighted by Crippen LogP contribution is -2.34. The maximum atomic E-state index is 5.89. The fourth-order valence-corrected chi connectivity index (χ4v) is 3.72. The molecular formula is C15H22ClNS. The highest BCUT2D eigenvalue weighted by Crippen LogP contribution is 2.24. The summed E-state index contributed by atoms with van der Waals surface area (Å²) in [6, 6.07) is 8.72. The summed E-state index contributed by atoms with van der Waals surface area (Å²) in [7, 11) is 0. The smallest absolute Gasteiger partial charge is 0.0406 e. The molecule has 1 aromatic carbocycles. The molecule has 1 heterocycles. The highest BCUT2D eigenvalue weighted by atomic mass is 35.5. The van der Waals surface area contributed by atoms with E-state index in [2.05, 4.69) is 36.1 Å². The third kappa shape index (κ3) is 4.83. The molecule has 1 aliphatic rings. The van der Waals surface area contributed by atoms with Crippen molar-refractivity contribution < 1.29 is 0 Å². The summed E-state index contributed by atoms with van der Waals surface area (Å²) in [5.74, 6) is 1.35. The number of benzene rings is 1. The SMILES string of the molecule is CC(Cc1ccc(Cl)cc1)NCC1CCCCS1. The van der Waals surface area contributed by atoms with Crippen LogP contribution in [-0.4, -0.2) is 23.6 Å². The van der Waals surface area contributed by atoms with E-state index in [1.165, 1.54) is 30.6 Å². The van der Waals surface area contributed by atoms with Gasteiger partial charge < -0.3 is 5.32 Å². The maximum absolute atomic E-state index is 5.89. The van der Waals surface area contributed by atoms with Gasteiger partial charge >= 0.3 is 0 Å². The Morgan fingerprint density at radius 2 is 2.11 bits per heavy atom. The Bertz CT molecular complexity index is 346. The number of hydrogen-bond donors (Lipinski definition) is 1. The molecule has 1 aliphatic heterocycles. The van der Waals surface area contributed by atoms with Crippen molar-refractivity contribution in [2.24, 2.45) is 0 Å². The zero-order valence-corrected chi connectivity index (χ0v) is 12.6. The Morgan fingerprint density at radius 3 is 2.78 bits per heavy atom. The Hall–Kier alpha value is -0.180. The van der Waals surface area contributed by atoms with Crippen LogP contribution >= 0.6 is 23.4 Å². The van der Waals surface area contributed by atoms with Gasteiger partial charge in [0, 0.05) is 22.9 Å². The van der Waals surface area contributed by atoms with Gasteiger partial charge in [0.15, 0.2) is 0 Å². The standard InChI is InChI=1S/C15H22ClNS/c1-12(10-13-5-7-14(16)8-6-13)17-11-15-4-2-3-9-18-15/h5-8,12,15,17H,2-4,9-11H2,1H3. The Morgan fingerprint density at radius 1 is 1.33 bits per heavy atom. The van der Waals surface area contributed by atoms with Crippen molar-refractivity contribution in [3.63, 3.8) is 0 Å². The molecule has 2 unspecified atom stereocenters. The lowest BCUT2D eigenvalue weighted by atomic mass is 10.1. The summed E-state index contributed by atoms with van der Waals surface area (Å²) >= 11 is 8.03. The molecule has 0 bridgehead atoms. The van der Waals surface area contributed by atoms with Crippen LogP contribution in [0.2, 0.25) is 5.02 Å². The minimum Gasteiger partial charge on any atom is -0.313 e. The summed E-state index contributed by atoms with van der Waals surface area (Å²) in [6.45, 7) is 3.42. The Kier molecular flexibility index (Phi) is 5.87. The quantitative estimate of drug-likeness (QED) is 0.871. The molecule has 0 amide bonds. The van der Waals surface area contributed by atoms with Crippen molar-refractivity contribution in [2.75, 3.05) is 12.3 Å². The van der Waals surface area contributed by atoms with E-state index in [4.69, 9.17) is 11.6 Å². The Labute approximate surface area is 120 Å². The lowest BCUT2D eigenvalue weighted by Gasteiger charge is -2.23. The van der Waals surface area contributed by atoms with Crippen LogP contribution in [0.5, 0.6) is 0 Å². The number of halogens is 1. The lowest BCUT2D eigenvalue weighted by molar-refractivity contribution is 0.520. The molecule has 0 saturated carbocycles. The van der Waals surface area contributed by atoms with Gasteiger partial charge in [-0.3, -0.25) is 0 Å². The van der Waals surface area contributed by atoms with Gasteiger partial charge in [0.25, 0.3) is 0 Å². The zero-order chi connectivity index (χ0) is 12.8. The topological polar surface area (TPSA) is 12.0 Å². The van der Waals surface area contributed by atoms with Crippen LogP contribution in [0.25, 0.3) is 0 Å². The van der Waals surface area contributed by atoms with E-state index in [0.717, 1.165) is 23.2 Å². The van der Waals surface area contributed by atoms with Crippen LogP contribution in [0.3, 0.4) is 0 Å². The molecule has 1 fully saturated rings. The zero-order valence-electron chi connectivity index (χ0n) is 11.0. The van der Waals surface area contributed by atoms with Crippen LogP contribution in [0.15, 0.2) is 24.3 Å². The summed E-state index contributed by atoms with van der Waals surface area (Å²) in [4.78, 5) is 0.